The predicted molar refractivity (Wildman–Crippen MR) is 74.0 cm³/mol. The van der Waals surface area contributed by atoms with Gasteiger partial charge in [-0.1, -0.05) is 0 Å². The van der Waals surface area contributed by atoms with Gasteiger partial charge in [0.2, 0.25) is 5.95 Å². The highest BCUT2D eigenvalue weighted by molar-refractivity contribution is 5.77. The fourth-order valence-electron chi connectivity index (χ4n) is 2.97. The maximum Gasteiger partial charge on any atom is 0.202 e. The van der Waals surface area contributed by atoms with Gasteiger partial charge >= 0.3 is 0 Å². The van der Waals surface area contributed by atoms with E-state index in [4.69, 9.17) is 10.5 Å². The topological polar surface area (TPSA) is 70.9 Å². The number of rotatable bonds is 3. The van der Waals surface area contributed by atoms with E-state index in [0.717, 1.165) is 43.0 Å². The lowest BCUT2D eigenvalue weighted by molar-refractivity contribution is 0.175. The summed E-state index contributed by atoms with van der Waals surface area (Å²) in [7, 11) is 0. The van der Waals surface area contributed by atoms with Crippen molar-refractivity contribution >= 4 is 17.1 Å². The lowest BCUT2D eigenvalue weighted by atomic mass is 10.0. The monoisotopic (exact) mass is 263 g/mol. The molecule has 3 rings (SSSR count). The Morgan fingerprint density at radius 3 is 2.95 bits per heavy atom. The molecule has 0 saturated carbocycles. The van der Waals surface area contributed by atoms with E-state index in [1.54, 1.807) is 0 Å². The van der Waals surface area contributed by atoms with Gasteiger partial charge in [0, 0.05) is 25.1 Å². The Kier molecular flexibility index (Phi) is 2.97. The zero-order valence-electron chi connectivity index (χ0n) is 11.8. The Bertz CT molecular complexity index is 594. The number of hydrogen-bond donors (Lipinski definition) is 1. The first kappa shape index (κ1) is 12.5. The third-order valence-corrected chi connectivity index (χ3v) is 4.13. The highest BCUT2D eigenvalue weighted by Crippen LogP contribution is 2.32. The predicted octanol–water partition coefficient (Wildman–Crippen LogP) is 1.74. The Balaban J connectivity index is 2.13. The summed E-state index contributed by atoms with van der Waals surface area (Å²) in [5, 5.41) is 4.53. The van der Waals surface area contributed by atoms with Crippen molar-refractivity contribution in [3.8, 4) is 0 Å². The molecule has 2 unspecified atom stereocenters. The average Bonchev–Trinajstić information content (AvgIpc) is 3.06. The molecule has 2 atom stereocenters. The van der Waals surface area contributed by atoms with Gasteiger partial charge in [-0.05, 0) is 27.2 Å². The normalized spacial score (nSPS) is 21.3. The number of nitrogens with zero attached hydrogens (tertiary/aromatic N) is 4. The van der Waals surface area contributed by atoms with Crippen molar-refractivity contribution in [1.82, 2.24) is 19.3 Å². The molecule has 2 aromatic rings. The third-order valence-electron chi connectivity index (χ3n) is 4.13. The number of ether oxygens (including phenoxy) is 1. The van der Waals surface area contributed by atoms with Crippen LogP contribution in [-0.2, 0) is 11.3 Å². The first-order chi connectivity index (χ1) is 9.13. The molecule has 0 aliphatic carbocycles. The van der Waals surface area contributed by atoms with E-state index in [1.165, 1.54) is 0 Å². The van der Waals surface area contributed by atoms with Gasteiger partial charge in [-0.3, -0.25) is 4.57 Å². The van der Waals surface area contributed by atoms with E-state index in [2.05, 4.69) is 28.5 Å². The quantitative estimate of drug-likeness (QED) is 0.915. The van der Waals surface area contributed by atoms with Crippen LogP contribution in [0.25, 0.3) is 11.2 Å². The molecular weight excluding hydrogens is 242 g/mol. The molecule has 0 radical (unpaired) electrons. The molecule has 0 amide bonds. The second kappa shape index (κ2) is 4.52. The van der Waals surface area contributed by atoms with Gasteiger partial charge in [-0.15, -0.1) is 0 Å². The summed E-state index contributed by atoms with van der Waals surface area (Å²) in [4.78, 5) is 4.49. The van der Waals surface area contributed by atoms with Crippen LogP contribution in [0.2, 0.25) is 0 Å². The molecule has 0 spiro atoms. The van der Waals surface area contributed by atoms with Gasteiger partial charge < -0.3 is 10.5 Å². The van der Waals surface area contributed by atoms with E-state index in [0.29, 0.717) is 11.9 Å². The molecule has 1 aliphatic heterocycles. The minimum atomic E-state index is 0.286. The van der Waals surface area contributed by atoms with Crippen molar-refractivity contribution in [2.75, 3.05) is 18.9 Å². The third kappa shape index (κ3) is 1.82. The Labute approximate surface area is 112 Å². The lowest BCUT2D eigenvalue weighted by Gasteiger charge is -2.21. The first-order valence-corrected chi connectivity index (χ1v) is 6.92. The van der Waals surface area contributed by atoms with E-state index >= 15 is 0 Å². The number of aromatic nitrogens is 4. The van der Waals surface area contributed by atoms with Crippen molar-refractivity contribution in [2.24, 2.45) is 5.92 Å². The molecule has 6 heteroatoms. The molecule has 19 heavy (non-hydrogen) atoms. The van der Waals surface area contributed by atoms with Crippen LogP contribution in [0, 0.1) is 12.8 Å². The van der Waals surface area contributed by atoms with Crippen molar-refractivity contribution in [1.29, 1.82) is 0 Å². The standard InChI is InChI=1S/C13H21N5O/c1-4-17-12-11(8(2)16-17)15-13(14)18(12)9(3)10-5-6-19-7-10/h9-10H,4-7H2,1-3H3,(H2,14,15). The SMILES string of the molecule is CCn1nc(C)c2nc(N)n(C(C)C3CCOC3)c21. The van der Waals surface area contributed by atoms with Crippen LogP contribution in [0.5, 0.6) is 0 Å². The summed E-state index contributed by atoms with van der Waals surface area (Å²) in [6.45, 7) is 8.73. The zero-order chi connectivity index (χ0) is 13.6. The molecule has 1 aliphatic rings. The van der Waals surface area contributed by atoms with Gasteiger partial charge in [0.15, 0.2) is 5.65 Å². The molecule has 1 fully saturated rings. The van der Waals surface area contributed by atoms with Crippen LogP contribution >= 0.6 is 0 Å². The first-order valence-electron chi connectivity index (χ1n) is 6.92. The summed E-state index contributed by atoms with van der Waals surface area (Å²) in [6.07, 6.45) is 1.08. The molecule has 3 heterocycles. The fourth-order valence-corrected chi connectivity index (χ4v) is 2.97. The minimum Gasteiger partial charge on any atom is -0.381 e. The number of fused-ring (bicyclic) bond motifs is 1. The highest BCUT2D eigenvalue weighted by Gasteiger charge is 2.28. The van der Waals surface area contributed by atoms with E-state index in [9.17, 15) is 0 Å². The molecule has 1 saturated heterocycles. The fraction of sp³-hybridized carbons (Fsp3) is 0.692. The number of nitrogens with two attached hydrogens (primary N) is 1. The van der Waals surface area contributed by atoms with Crippen LogP contribution in [0.3, 0.4) is 0 Å². The van der Waals surface area contributed by atoms with Crippen molar-refractivity contribution in [3.05, 3.63) is 5.69 Å². The van der Waals surface area contributed by atoms with E-state index in [-0.39, 0.29) is 6.04 Å². The van der Waals surface area contributed by atoms with Gasteiger partial charge in [-0.2, -0.15) is 5.10 Å². The van der Waals surface area contributed by atoms with Crippen LogP contribution in [0.15, 0.2) is 0 Å². The number of hydrogen-bond acceptors (Lipinski definition) is 4. The molecule has 104 valence electrons. The maximum absolute atomic E-state index is 6.13. The van der Waals surface area contributed by atoms with Crippen LogP contribution in [0.1, 0.15) is 32.0 Å². The Morgan fingerprint density at radius 2 is 2.32 bits per heavy atom. The van der Waals surface area contributed by atoms with Crippen molar-refractivity contribution in [3.63, 3.8) is 0 Å². The number of imidazole rings is 1. The summed E-state index contributed by atoms with van der Waals surface area (Å²) < 4.78 is 9.60. The summed E-state index contributed by atoms with van der Waals surface area (Å²) >= 11 is 0. The van der Waals surface area contributed by atoms with Gasteiger partial charge in [0.05, 0.1) is 12.3 Å². The summed E-state index contributed by atoms with van der Waals surface area (Å²) in [5.74, 6) is 1.08. The highest BCUT2D eigenvalue weighted by atomic mass is 16.5. The molecule has 2 aromatic heterocycles. The van der Waals surface area contributed by atoms with Gasteiger partial charge in [-0.25, -0.2) is 9.67 Å². The van der Waals surface area contributed by atoms with Crippen LogP contribution in [-0.4, -0.2) is 32.5 Å². The minimum absolute atomic E-state index is 0.286. The molecule has 0 bridgehead atoms. The van der Waals surface area contributed by atoms with Gasteiger partial charge in [0.25, 0.3) is 0 Å². The average molecular weight is 263 g/mol. The number of anilines is 1. The summed E-state index contributed by atoms with van der Waals surface area (Å²) in [5.41, 5.74) is 9.03. The lowest BCUT2D eigenvalue weighted by Crippen LogP contribution is -2.20. The zero-order valence-corrected chi connectivity index (χ0v) is 11.8. The molecule has 2 N–H and O–H groups in total. The van der Waals surface area contributed by atoms with Crippen LogP contribution < -0.4 is 5.73 Å². The van der Waals surface area contributed by atoms with E-state index in [1.807, 2.05) is 11.6 Å². The van der Waals surface area contributed by atoms with Crippen LogP contribution in [0.4, 0.5) is 5.95 Å². The maximum atomic E-state index is 6.13. The Morgan fingerprint density at radius 1 is 1.53 bits per heavy atom. The second-order valence-electron chi connectivity index (χ2n) is 5.28. The molecule has 6 nitrogen and oxygen atoms in total. The number of aryl methyl sites for hydroxylation is 2. The molecular formula is C13H21N5O. The van der Waals surface area contributed by atoms with Crippen molar-refractivity contribution in [2.45, 2.75) is 39.8 Å². The molecule has 0 aromatic carbocycles. The van der Waals surface area contributed by atoms with E-state index < -0.39 is 0 Å². The smallest absolute Gasteiger partial charge is 0.202 e. The van der Waals surface area contributed by atoms with Crippen molar-refractivity contribution < 1.29 is 4.74 Å². The second-order valence-corrected chi connectivity index (χ2v) is 5.28. The Hall–Kier alpha value is -1.56. The van der Waals surface area contributed by atoms with Gasteiger partial charge in [0.1, 0.15) is 5.52 Å². The summed E-state index contributed by atoms with van der Waals surface area (Å²) in [6, 6.07) is 0.286. The largest absolute Gasteiger partial charge is 0.381 e. The number of nitrogen functional groups attached to an aromatic ring is 1.